The molecule has 134 valence electrons. The van der Waals surface area contributed by atoms with Crippen molar-refractivity contribution in [3.05, 3.63) is 48.0 Å². The van der Waals surface area contributed by atoms with Crippen LogP contribution in [0.3, 0.4) is 0 Å². The fourth-order valence-electron chi connectivity index (χ4n) is 3.98. The topological polar surface area (TPSA) is 46.5 Å². The molecule has 0 aliphatic heterocycles. The number of fused-ring (bicyclic) bond motifs is 1. The summed E-state index contributed by atoms with van der Waals surface area (Å²) in [6, 6.07) is 13.5. The molecule has 3 heteroatoms. The number of carbonyl (C=O) groups excluding carboxylic acids is 1. The Morgan fingerprint density at radius 3 is 2.56 bits per heavy atom. The summed E-state index contributed by atoms with van der Waals surface area (Å²) in [6.07, 6.45) is 1.84. The van der Waals surface area contributed by atoms with Crippen molar-refractivity contribution in [1.82, 2.24) is 0 Å². The van der Waals surface area contributed by atoms with Crippen molar-refractivity contribution < 1.29 is 14.6 Å². The number of ether oxygens (including phenoxy) is 1. The molecule has 1 unspecified atom stereocenters. The van der Waals surface area contributed by atoms with Crippen LogP contribution in [0.15, 0.2) is 42.5 Å². The monoisotopic (exact) mass is 340 g/mol. The van der Waals surface area contributed by atoms with E-state index in [-0.39, 0.29) is 6.10 Å². The van der Waals surface area contributed by atoms with Gasteiger partial charge in [0.15, 0.2) is 6.10 Å². The Bertz CT molecular complexity index is 737. The average molecular weight is 340 g/mol. The highest BCUT2D eigenvalue weighted by Crippen LogP contribution is 2.36. The van der Waals surface area contributed by atoms with Crippen molar-refractivity contribution in [3.63, 3.8) is 0 Å². The lowest BCUT2D eigenvalue weighted by Gasteiger charge is -2.37. The summed E-state index contributed by atoms with van der Waals surface area (Å²) in [6.45, 7) is 6.57. The molecule has 0 aromatic heterocycles. The van der Waals surface area contributed by atoms with Crippen molar-refractivity contribution in [2.75, 3.05) is 0 Å². The lowest BCUT2D eigenvalue weighted by molar-refractivity contribution is -0.166. The molecule has 1 fully saturated rings. The largest absolute Gasteiger partial charge is 0.460 e. The molecule has 1 N–H and O–H groups in total. The van der Waals surface area contributed by atoms with Gasteiger partial charge < -0.3 is 9.84 Å². The quantitative estimate of drug-likeness (QED) is 0.807. The number of carbonyl (C=O) groups is 1. The lowest BCUT2D eigenvalue weighted by atomic mass is 9.75. The third-order valence-electron chi connectivity index (χ3n) is 5.54. The smallest absolute Gasteiger partial charge is 0.339 e. The van der Waals surface area contributed by atoms with Gasteiger partial charge in [0.1, 0.15) is 6.10 Å². The Labute approximate surface area is 150 Å². The number of benzene rings is 2. The maximum Gasteiger partial charge on any atom is 0.339 e. The molecule has 3 rings (SSSR count). The minimum absolute atomic E-state index is 0.0913. The zero-order valence-corrected chi connectivity index (χ0v) is 15.3. The lowest BCUT2D eigenvalue weighted by Crippen LogP contribution is -2.37. The Morgan fingerprint density at radius 1 is 1.12 bits per heavy atom. The van der Waals surface area contributed by atoms with Gasteiger partial charge in [-0.15, -0.1) is 0 Å². The number of esters is 1. The molecule has 3 nitrogen and oxygen atoms in total. The molecular formula is C22H28O3. The zero-order valence-electron chi connectivity index (χ0n) is 15.3. The van der Waals surface area contributed by atoms with Crippen LogP contribution in [0, 0.1) is 17.8 Å². The third kappa shape index (κ3) is 4.04. The first-order valence-electron chi connectivity index (χ1n) is 9.33. The molecule has 0 amide bonds. The highest BCUT2D eigenvalue weighted by Gasteiger charge is 2.34. The van der Waals surface area contributed by atoms with E-state index >= 15 is 0 Å². The van der Waals surface area contributed by atoms with E-state index in [1.54, 1.807) is 6.07 Å². The SMILES string of the molecule is CC(C)[C@@H]1CC[C@@H](C)C[C@H]1OC(=O)C(O)c1ccc2ccccc2c1. The van der Waals surface area contributed by atoms with E-state index in [2.05, 4.69) is 20.8 Å². The van der Waals surface area contributed by atoms with Gasteiger partial charge in [0.25, 0.3) is 0 Å². The number of hydrogen-bond donors (Lipinski definition) is 1. The standard InChI is InChI=1S/C22H28O3/c1-14(2)19-11-8-15(3)12-20(19)25-22(24)21(23)18-10-9-16-6-4-5-7-17(16)13-18/h4-7,9-10,13-15,19-21,23H,8,11-12H2,1-3H3/t15-,19+,20-,21?/m1/s1. The first-order chi connectivity index (χ1) is 12.0. The van der Waals surface area contributed by atoms with Crippen molar-refractivity contribution in [1.29, 1.82) is 0 Å². The van der Waals surface area contributed by atoms with Gasteiger partial charge in [0.05, 0.1) is 0 Å². The maximum absolute atomic E-state index is 12.6. The van der Waals surface area contributed by atoms with E-state index in [9.17, 15) is 9.90 Å². The number of rotatable bonds is 4. The van der Waals surface area contributed by atoms with E-state index in [0.717, 1.165) is 23.6 Å². The van der Waals surface area contributed by atoms with Gasteiger partial charge in [-0.3, -0.25) is 0 Å². The minimum Gasteiger partial charge on any atom is -0.460 e. The molecular weight excluding hydrogens is 312 g/mol. The first kappa shape index (κ1) is 17.9. The van der Waals surface area contributed by atoms with E-state index < -0.39 is 12.1 Å². The van der Waals surface area contributed by atoms with Crippen molar-refractivity contribution in [3.8, 4) is 0 Å². The van der Waals surface area contributed by atoms with Crippen molar-refractivity contribution in [2.24, 2.45) is 17.8 Å². The van der Waals surface area contributed by atoms with Crippen molar-refractivity contribution in [2.45, 2.75) is 52.2 Å². The minimum atomic E-state index is -1.23. The van der Waals surface area contributed by atoms with Gasteiger partial charge in [-0.05, 0) is 53.0 Å². The summed E-state index contributed by atoms with van der Waals surface area (Å²) >= 11 is 0. The summed E-state index contributed by atoms with van der Waals surface area (Å²) in [5.41, 5.74) is 0.591. The van der Waals surface area contributed by atoms with E-state index in [0.29, 0.717) is 23.3 Å². The molecule has 1 aliphatic carbocycles. The molecule has 0 bridgehead atoms. The predicted molar refractivity (Wildman–Crippen MR) is 100 cm³/mol. The molecule has 0 saturated heterocycles. The van der Waals surface area contributed by atoms with Crippen LogP contribution in [0.2, 0.25) is 0 Å². The molecule has 2 aromatic carbocycles. The van der Waals surface area contributed by atoms with Crippen LogP contribution in [0.25, 0.3) is 10.8 Å². The summed E-state index contributed by atoms with van der Waals surface area (Å²) in [5, 5.41) is 12.6. The fourth-order valence-corrected chi connectivity index (χ4v) is 3.98. The summed E-state index contributed by atoms with van der Waals surface area (Å²) in [4.78, 5) is 12.6. The average Bonchev–Trinajstić information content (AvgIpc) is 2.60. The normalized spacial score (nSPS) is 25.1. The Hall–Kier alpha value is -1.87. The molecule has 0 radical (unpaired) electrons. The van der Waals surface area contributed by atoms with E-state index in [1.165, 1.54) is 6.42 Å². The summed E-state index contributed by atoms with van der Waals surface area (Å²) in [7, 11) is 0. The van der Waals surface area contributed by atoms with Gasteiger partial charge in [0, 0.05) is 0 Å². The first-order valence-corrected chi connectivity index (χ1v) is 9.33. The molecule has 1 aliphatic rings. The van der Waals surface area contributed by atoms with Gasteiger partial charge in [-0.25, -0.2) is 4.79 Å². The Morgan fingerprint density at radius 2 is 1.84 bits per heavy atom. The highest BCUT2D eigenvalue weighted by molar-refractivity contribution is 5.85. The molecule has 2 aromatic rings. The summed E-state index contributed by atoms with van der Waals surface area (Å²) in [5.74, 6) is 0.887. The molecule has 0 spiro atoms. The number of hydrogen-bond acceptors (Lipinski definition) is 3. The van der Waals surface area contributed by atoms with Crippen LogP contribution in [0.1, 0.15) is 51.7 Å². The molecule has 0 heterocycles. The molecule has 1 saturated carbocycles. The van der Waals surface area contributed by atoms with Gasteiger partial charge >= 0.3 is 5.97 Å². The van der Waals surface area contributed by atoms with Crippen LogP contribution in [-0.2, 0) is 9.53 Å². The Balaban J connectivity index is 1.74. The van der Waals surface area contributed by atoms with Crippen LogP contribution < -0.4 is 0 Å². The maximum atomic E-state index is 12.6. The highest BCUT2D eigenvalue weighted by atomic mass is 16.6. The van der Waals surface area contributed by atoms with Crippen LogP contribution in [0.4, 0.5) is 0 Å². The second kappa shape index (κ2) is 7.57. The number of aliphatic hydroxyl groups is 1. The van der Waals surface area contributed by atoms with Gasteiger partial charge in [-0.2, -0.15) is 0 Å². The second-order valence-corrected chi connectivity index (χ2v) is 7.81. The van der Waals surface area contributed by atoms with Crippen LogP contribution in [-0.4, -0.2) is 17.2 Å². The number of aliphatic hydroxyl groups excluding tert-OH is 1. The summed E-state index contributed by atoms with van der Waals surface area (Å²) < 4.78 is 5.77. The predicted octanol–water partition coefficient (Wildman–Crippen LogP) is 4.88. The van der Waals surface area contributed by atoms with Crippen LogP contribution >= 0.6 is 0 Å². The molecule has 25 heavy (non-hydrogen) atoms. The van der Waals surface area contributed by atoms with Crippen LogP contribution in [0.5, 0.6) is 0 Å². The Kier molecular flexibility index (Phi) is 5.43. The van der Waals surface area contributed by atoms with E-state index in [4.69, 9.17) is 4.74 Å². The zero-order chi connectivity index (χ0) is 18.0. The van der Waals surface area contributed by atoms with Crippen molar-refractivity contribution >= 4 is 16.7 Å². The second-order valence-electron chi connectivity index (χ2n) is 7.81. The van der Waals surface area contributed by atoms with Gasteiger partial charge in [0.2, 0.25) is 0 Å². The van der Waals surface area contributed by atoms with Gasteiger partial charge in [-0.1, -0.05) is 63.6 Å². The fraction of sp³-hybridized carbons (Fsp3) is 0.500. The molecule has 4 atom stereocenters. The van der Waals surface area contributed by atoms with E-state index in [1.807, 2.05) is 36.4 Å². The third-order valence-corrected chi connectivity index (χ3v) is 5.54.